The molecule has 2 aliphatic rings. The van der Waals surface area contributed by atoms with E-state index >= 15 is 0 Å². The number of hydrogen-bond donors (Lipinski definition) is 1. The van der Waals surface area contributed by atoms with Crippen molar-refractivity contribution in [1.82, 2.24) is 10.2 Å². The zero-order valence-electron chi connectivity index (χ0n) is 21.4. The predicted molar refractivity (Wildman–Crippen MR) is 149 cm³/mol. The Labute approximate surface area is 231 Å². The van der Waals surface area contributed by atoms with Crippen LogP contribution in [0.3, 0.4) is 0 Å². The van der Waals surface area contributed by atoms with Crippen LogP contribution < -0.4 is 5.32 Å². The normalized spacial score (nSPS) is 18.5. The summed E-state index contributed by atoms with van der Waals surface area (Å²) < 4.78 is 11.4. The Kier molecular flexibility index (Phi) is 8.13. The van der Waals surface area contributed by atoms with Crippen molar-refractivity contribution in [3.63, 3.8) is 0 Å². The van der Waals surface area contributed by atoms with E-state index in [1.54, 1.807) is 0 Å². The molecule has 5 rings (SSSR count). The summed E-state index contributed by atoms with van der Waals surface area (Å²) in [5, 5.41) is 2.23. The van der Waals surface area contributed by atoms with Crippen LogP contribution in [-0.4, -0.2) is 40.0 Å². The molecule has 0 bridgehead atoms. The van der Waals surface area contributed by atoms with Crippen LogP contribution in [0.1, 0.15) is 29.7 Å². The lowest BCUT2D eigenvalue weighted by Crippen LogP contribution is -2.70. The molecule has 0 radical (unpaired) electrons. The number of ether oxygens (including phenoxy) is 2. The van der Waals surface area contributed by atoms with Gasteiger partial charge in [-0.05, 0) is 29.2 Å². The van der Waals surface area contributed by atoms with Crippen LogP contribution in [0.25, 0.3) is 0 Å². The highest BCUT2D eigenvalue weighted by molar-refractivity contribution is 8.00. The molecule has 39 heavy (non-hydrogen) atoms. The third-order valence-electron chi connectivity index (χ3n) is 6.47. The van der Waals surface area contributed by atoms with Gasteiger partial charge in [-0.1, -0.05) is 103 Å². The van der Waals surface area contributed by atoms with Gasteiger partial charge in [-0.3, -0.25) is 9.69 Å². The lowest BCUT2D eigenvalue weighted by molar-refractivity contribution is -0.153. The van der Waals surface area contributed by atoms with Crippen molar-refractivity contribution in [1.29, 1.82) is 0 Å². The van der Waals surface area contributed by atoms with Crippen LogP contribution in [0.2, 0.25) is 0 Å². The van der Waals surface area contributed by atoms with Crippen molar-refractivity contribution >= 4 is 29.7 Å². The number of thioether (sulfide) groups is 1. The molecule has 0 aliphatic carbocycles. The second-order valence-corrected chi connectivity index (χ2v) is 10.2. The van der Waals surface area contributed by atoms with E-state index in [0.717, 1.165) is 16.7 Å². The van der Waals surface area contributed by atoms with Crippen LogP contribution in [0.15, 0.2) is 114 Å². The van der Waals surface area contributed by atoms with E-state index in [1.807, 2.05) is 110 Å². The van der Waals surface area contributed by atoms with E-state index in [-0.39, 0.29) is 18.2 Å². The molecular weight excluding hydrogens is 512 g/mol. The maximum Gasteiger partial charge on any atom is 0.408 e. The van der Waals surface area contributed by atoms with E-state index in [4.69, 9.17) is 9.47 Å². The van der Waals surface area contributed by atoms with Gasteiger partial charge in [0.05, 0.1) is 0 Å². The highest BCUT2D eigenvalue weighted by atomic mass is 32.2. The van der Waals surface area contributed by atoms with Crippen LogP contribution in [0.4, 0.5) is 4.79 Å². The van der Waals surface area contributed by atoms with Gasteiger partial charge >= 0.3 is 12.1 Å². The van der Waals surface area contributed by atoms with Gasteiger partial charge in [0.1, 0.15) is 23.7 Å². The van der Waals surface area contributed by atoms with Gasteiger partial charge in [-0.25, -0.2) is 9.59 Å². The fraction of sp³-hybridized carbons (Fsp3) is 0.194. The lowest BCUT2D eigenvalue weighted by atomic mass is 10.0. The molecule has 0 aromatic heterocycles. The predicted octanol–water partition coefficient (Wildman–Crippen LogP) is 5.36. The summed E-state index contributed by atoms with van der Waals surface area (Å²) in [6.45, 7) is 1.95. The number of esters is 1. The lowest BCUT2D eigenvalue weighted by Gasteiger charge is -2.49. The molecule has 2 atom stereocenters. The fourth-order valence-electron chi connectivity index (χ4n) is 4.60. The molecule has 1 fully saturated rings. The molecule has 0 spiro atoms. The molecule has 2 aliphatic heterocycles. The van der Waals surface area contributed by atoms with Crippen LogP contribution in [0, 0.1) is 0 Å². The number of benzene rings is 3. The largest absolute Gasteiger partial charge is 0.448 e. The summed E-state index contributed by atoms with van der Waals surface area (Å²) in [7, 11) is 0. The van der Waals surface area contributed by atoms with E-state index in [2.05, 4.69) is 5.32 Å². The van der Waals surface area contributed by atoms with Gasteiger partial charge in [0, 0.05) is 5.75 Å². The zero-order valence-corrected chi connectivity index (χ0v) is 22.2. The first-order chi connectivity index (χ1) is 19.1. The first-order valence-corrected chi connectivity index (χ1v) is 13.7. The number of nitrogens with one attached hydrogen (secondary N) is 1. The van der Waals surface area contributed by atoms with Gasteiger partial charge in [0.25, 0.3) is 5.91 Å². The smallest absolute Gasteiger partial charge is 0.408 e. The molecule has 8 heteroatoms. The molecule has 1 saturated heterocycles. The highest BCUT2D eigenvalue weighted by Gasteiger charge is 2.54. The summed E-state index contributed by atoms with van der Waals surface area (Å²) in [5.41, 5.74) is 3.39. The molecule has 3 aromatic carbocycles. The second kappa shape index (κ2) is 12.0. The maximum atomic E-state index is 13.7. The Hall–Kier alpha value is -4.30. The third-order valence-corrected chi connectivity index (χ3v) is 7.78. The van der Waals surface area contributed by atoms with Crippen molar-refractivity contribution in [2.75, 3.05) is 5.75 Å². The minimum absolute atomic E-state index is 0.0956. The van der Waals surface area contributed by atoms with E-state index < -0.39 is 29.6 Å². The monoisotopic (exact) mass is 540 g/mol. The molecule has 2 heterocycles. The summed E-state index contributed by atoms with van der Waals surface area (Å²) in [6, 6.07) is 27.5. The number of β-lactam (4-membered cyclic amide) rings is 1. The number of alkyl carbamates (subject to hydrolysis) is 1. The van der Waals surface area contributed by atoms with Gasteiger partial charge in [0.15, 0.2) is 6.10 Å². The summed E-state index contributed by atoms with van der Waals surface area (Å²) in [5.74, 6) is -0.486. The van der Waals surface area contributed by atoms with E-state index in [1.165, 1.54) is 16.7 Å². The minimum Gasteiger partial charge on any atom is -0.448 e. The maximum absolute atomic E-state index is 13.7. The van der Waals surface area contributed by atoms with Crippen LogP contribution >= 0.6 is 11.8 Å². The molecule has 1 unspecified atom stereocenters. The minimum atomic E-state index is -0.799. The van der Waals surface area contributed by atoms with Crippen molar-refractivity contribution in [2.45, 2.75) is 31.1 Å². The average molecular weight is 541 g/mol. The van der Waals surface area contributed by atoms with E-state index in [9.17, 15) is 14.4 Å². The summed E-state index contributed by atoms with van der Waals surface area (Å²) in [6.07, 6.45) is 2.32. The molecule has 1 N–H and O–H groups in total. The molecule has 7 nitrogen and oxygen atoms in total. The van der Waals surface area contributed by atoms with Gasteiger partial charge < -0.3 is 14.8 Å². The number of allylic oxidation sites excluding steroid dienone is 2. The number of carbonyl (C=O) groups excluding carboxylic acids is 3. The summed E-state index contributed by atoms with van der Waals surface area (Å²) >= 11 is 1.48. The molecule has 2 amide bonds. The van der Waals surface area contributed by atoms with Crippen molar-refractivity contribution < 1.29 is 23.9 Å². The third kappa shape index (κ3) is 5.76. The van der Waals surface area contributed by atoms with Crippen molar-refractivity contribution in [2.24, 2.45) is 0 Å². The van der Waals surface area contributed by atoms with Crippen LogP contribution in [0.5, 0.6) is 0 Å². The highest BCUT2D eigenvalue weighted by Crippen LogP contribution is 2.42. The first kappa shape index (κ1) is 26.3. The quantitative estimate of drug-likeness (QED) is 0.306. The number of rotatable bonds is 8. The number of amides is 2. The van der Waals surface area contributed by atoms with Crippen LogP contribution in [-0.2, 0) is 25.7 Å². The number of fused-ring (bicyclic) bond motifs is 1. The number of nitrogens with zero attached hydrogens (tertiary/aromatic N) is 1. The fourth-order valence-corrected chi connectivity index (χ4v) is 5.92. The molecule has 3 aromatic rings. The Morgan fingerprint density at radius 3 is 2.15 bits per heavy atom. The molecular formula is C31H28N2O5S. The number of carbonyl (C=O) groups is 3. The topological polar surface area (TPSA) is 84.9 Å². The Morgan fingerprint density at radius 2 is 1.56 bits per heavy atom. The summed E-state index contributed by atoms with van der Waals surface area (Å²) in [4.78, 5) is 40.9. The van der Waals surface area contributed by atoms with Gasteiger partial charge in [0.2, 0.25) is 0 Å². The average Bonchev–Trinajstić information content (AvgIpc) is 2.98. The second-order valence-electron chi connectivity index (χ2n) is 9.07. The van der Waals surface area contributed by atoms with Gasteiger partial charge in [-0.15, -0.1) is 11.8 Å². The Morgan fingerprint density at radius 1 is 0.974 bits per heavy atom. The van der Waals surface area contributed by atoms with Crippen molar-refractivity contribution in [3.8, 4) is 0 Å². The van der Waals surface area contributed by atoms with E-state index in [0.29, 0.717) is 11.3 Å². The zero-order chi connectivity index (χ0) is 27.2. The Balaban J connectivity index is 1.34. The SMILES string of the molecule is CC=CC1=C(C(=O)OC(c2ccccc2)c2ccccc2)N2C(=O)C(NC(=O)OCc3ccccc3)[C@H]2SC1. The first-order valence-electron chi connectivity index (χ1n) is 12.7. The molecule has 0 saturated carbocycles. The molecule has 198 valence electrons. The van der Waals surface area contributed by atoms with Gasteiger partial charge in [-0.2, -0.15) is 0 Å². The Bertz CT molecular complexity index is 1350. The standard InChI is InChI=1S/C31H28N2O5S/c1-2-12-24-20-39-29-25(32-31(36)37-19-21-13-6-3-7-14-21)28(34)33(29)26(24)30(35)38-27(22-15-8-4-9-16-22)23-17-10-5-11-18-23/h2-18,25,27,29H,19-20H2,1H3,(H,32,36)/t25?,29-/m1/s1. The van der Waals surface area contributed by atoms with Crippen molar-refractivity contribution in [3.05, 3.63) is 131 Å². The number of hydrogen-bond acceptors (Lipinski definition) is 6.